The maximum absolute atomic E-state index is 3.37. The Morgan fingerprint density at radius 1 is 0.333 bits per heavy atom. The van der Waals surface area contributed by atoms with E-state index in [-0.39, 0.29) is 0 Å². The fourth-order valence-corrected chi connectivity index (χ4v) is 5.28. The van der Waals surface area contributed by atoms with Crippen molar-refractivity contribution in [3.63, 3.8) is 0 Å². The highest BCUT2D eigenvalue weighted by Crippen LogP contribution is 2.33. The SMILES string of the molecule is C(=C=C=C=C1c2ccccc2CCc2ccccc21)=C=C=C1c2ccccc2CCc2ccccc21. The summed E-state index contributed by atoms with van der Waals surface area (Å²) in [6, 6.07) is 34.3. The summed E-state index contributed by atoms with van der Waals surface area (Å²) >= 11 is 0. The van der Waals surface area contributed by atoms with Crippen LogP contribution in [0.15, 0.2) is 131 Å². The summed E-state index contributed by atoms with van der Waals surface area (Å²) in [5.74, 6) is 0. The Hall–Kier alpha value is -4.70. The minimum absolute atomic E-state index is 1.02. The van der Waals surface area contributed by atoms with Gasteiger partial charge in [-0.25, -0.2) is 0 Å². The van der Waals surface area contributed by atoms with Crippen molar-refractivity contribution in [2.75, 3.05) is 0 Å². The first-order chi connectivity index (χ1) is 17.9. The summed E-state index contributed by atoms with van der Waals surface area (Å²) in [5.41, 5.74) is 31.3. The molecule has 168 valence electrons. The van der Waals surface area contributed by atoms with E-state index in [1.165, 1.54) is 44.5 Å². The number of hydrogen-bond acceptors (Lipinski definition) is 0. The van der Waals surface area contributed by atoms with Crippen LogP contribution in [0.25, 0.3) is 11.1 Å². The van der Waals surface area contributed by atoms with Crippen molar-refractivity contribution in [2.24, 2.45) is 0 Å². The van der Waals surface area contributed by atoms with E-state index in [0.717, 1.165) is 36.8 Å². The van der Waals surface area contributed by atoms with Gasteiger partial charge in [0.05, 0.1) is 0 Å². The Morgan fingerprint density at radius 2 is 0.611 bits per heavy atom. The molecule has 0 amide bonds. The van der Waals surface area contributed by atoms with E-state index >= 15 is 0 Å². The molecule has 36 heavy (non-hydrogen) atoms. The van der Waals surface area contributed by atoms with Gasteiger partial charge in [-0.3, -0.25) is 0 Å². The number of aryl methyl sites for hydroxylation is 4. The van der Waals surface area contributed by atoms with Gasteiger partial charge in [0.1, 0.15) is 0 Å². The minimum atomic E-state index is 1.02. The molecule has 0 N–H and O–H groups in total. The third-order valence-corrected chi connectivity index (χ3v) is 7.04. The van der Waals surface area contributed by atoms with E-state index in [2.05, 4.69) is 131 Å². The Labute approximate surface area is 212 Å². The van der Waals surface area contributed by atoms with Crippen LogP contribution in [0, 0.1) is 0 Å². The second-order valence-electron chi connectivity index (χ2n) is 9.13. The van der Waals surface area contributed by atoms with E-state index in [9.17, 15) is 0 Å². The van der Waals surface area contributed by atoms with Gasteiger partial charge in [-0.2, -0.15) is 0 Å². The van der Waals surface area contributed by atoms with Crippen molar-refractivity contribution in [3.05, 3.63) is 176 Å². The molecular weight excluding hydrogens is 432 g/mol. The highest BCUT2D eigenvalue weighted by Gasteiger charge is 2.18. The smallest absolute Gasteiger partial charge is 0.0405 e. The maximum atomic E-state index is 3.37. The van der Waals surface area contributed by atoms with Gasteiger partial charge in [-0.1, -0.05) is 109 Å². The molecule has 0 aromatic heterocycles. The average molecular weight is 457 g/mol. The van der Waals surface area contributed by atoms with E-state index in [0.29, 0.717) is 0 Å². The summed E-state index contributed by atoms with van der Waals surface area (Å²) in [6.07, 6.45) is 4.10. The van der Waals surface area contributed by atoms with Crippen LogP contribution in [0.1, 0.15) is 44.5 Å². The average Bonchev–Trinajstić information content (AvgIpc) is 3.19. The molecule has 0 radical (unpaired) electrons. The van der Waals surface area contributed by atoms with Gasteiger partial charge in [0.2, 0.25) is 0 Å². The van der Waals surface area contributed by atoms with Crippen molar-refractivity contribution in [3.8, 4) is 0 Å². The second kappa shape index (κ2) is 9.88. The van der Waals surface area contributed by atoms with Crippen molar-refractivity contribution in [2.45, 2.75) is 25.7 Å². The molecule has 0 heterocycles. The summed E-state index contributed by atoms with van der Waals surface area (Å²) in [6.45, 7) is 0. The van der Waals surface area contributed by atoms with Crippen molar-refractivity contribution in [1.29, 1.82) is 0 Å². The molecule has 0 fully saturated rings. The lowest BCUT2D eigenvalue weighted by Gasteiger charge is -2.08. The zero-order chi connectivity index (χ0) is 24.2. The molecule has 6 rings (SSSR count). The number of hydrogen-bond donors (Lipinski definition) is 0. The number of rotatable bonds is 0. The lowest BCUT2D eigenvalue weighted by Crippen LogP contribution is -1.90. The predicted octanol–water partition coefficient (Wildman–Crippen LogP) is 7.82. The molecule has 0 spiro atoms. The van der Waals surface area contributed by atoms with E-state index in [4.69, 9.17) is 0 Å². The Kier molecular flexibility index (Phi) is 5.99. The Bertz CT molecular complexity index is 1510. The van der Waals surface area contributed by atoms with E-state index < -0.39 is 0 Å². The standard InChI is InChI=1S/C36H24/c1(3-21-35-31-17-9-5-13-27(31)23-24-28-14-6-10-18-32(28)35)2-4-22-36-33-19-11-7-15-29(33)25-26-30-16-8-12-20-34(30)36/h5-20H,23-26H2. The number of benzene rings is 4. The topological polar surface area (TPSA) is 0 Å². The fraction of sp³-hybridized carbons (Fsp3) is 0.111. The van der Waals surface area contributed by atoms with Crippen LogP contribution in [-0.2, 0) is 25.7 Å². The summed E-state index contributed by atoms with van der Waals surface area (Å²) in [4.78, 5) is 0. The van der Waals surface area contributed by atoms with Gasteiger partial charge in [-0.15, -0.1) is 0 Å². The molecule has 2 aliphatic rings. The van der Waals surface area contributed by atoms with Crippen LogP contribution in [0.2, 0.25) is 0 Å². The van der Waals surface area contributed by atoms with Crippen LogP contribution < -0.4 is 0 Å². The van der Waals surface area contributed by atoms with Gasteiger partial charge >= 0.3 is 0 Å². The molecule has 0 saturated heterocycles. The monoisotopic (exact) mass is 456 g/mol. The van der Waals surface area contributed by atoms with Crippen molar-refractivity contribution < 1.29 is 0 Å². The highest BCUT2D eigenvalue weighted by molar-refractivity contribution is 5.84. The molecule has 0 aliphatic heterocycles. The van der Waals surface area contributed by atoms with Crippen LogP contribution in [0.4, 0.5) is 0 Å². The lowest BCUT2D eigenvalue weighted by molar-refractivity contribution is 0.965. The first-order valence-corrected chi connectivity index (χ1v) is 12.5. The van der Waals surface area contributed by atoms with Gasteiger partial charge < -0.3 is 0 Å². The van der Waals surface area contributed by atoms with Crippen LogP contribution >= 0.6 is 0 Å². The maximum Gasteiger partial charge on any atom is 0.0405 e. The first kappa shape index (κ1) is 21.8. The van der Waals surface area contributed by atoms with E-state index in [1.54, 1.807) is 0 Å². The van der Waals surface area contributed by atoms with Gasteiger partial charge in [0, 0.05) is 11.1 Å². The van der Waals surface area contributed by atoms with Crippen LogP contribution in [-0.4, -0.2) is 0 Å². The fourth-order valence-electron chi connectivity index (χ4n) is 5.28. The molecule has 0 nitrogen and oxygen atoms in total. The largest absolute Gasteiger partial charge is 0.0620 e. The van der Waals surface area contributed by atoms with Crippen molar-refractivity contribution >= 4 is 11.1 Å². The van der Waals surface area contributed by atoms with Crippen LogP contribution in [0.3, 0.4) is 0 Å². The normalized spacial score (nSPS) is 12.9. The zero-order valence-electron chi connectivity index (χ0n) is 20.1. The zero-order valence-corrected chi connectivity index (χ0v) is 20.1. The first-order valence-electron chi connectivity index (χ1n) is 12.5. The number of fused-ring (bicyclic) bond motifs is 4. The lowest BCUT2D eigenvalue weighted by atomic mass is 9.95. The molecule has 0 bridgehead atoms. The molecule has 0 atom stereocenters. The molecule has 4 aromatic rings. The molecule has 0 saturated carbocycles. The molecule has 2 aliphatic carbocycles. The quantitative estimate of drug-likeness (QED) is 0.237. The third-order valence-electron chi connectivity index (χ3n) is 7.04. The van der Waals surface area contributed by atoms with Crippen molar-refractivity contribution in [1.82, 2.24) is 0 Å². The van der Waals surface area contributed by atoms with Crippen LogP contribution in [0.5, 0.6) is 0 Å². The second-order valence-corrected chi connectivity index (χ2v) is 9.13. The summed E-state index contributed by atoms with van der Waals surface area (Å²) < 4.78 is 0. The molecule has 0 unspecified atom stereocenters. The van der Waals surface area contributed by atoms with Gasteiger partial charge in [0.15, 0.2) is 0 Å². The van der Waals surface area contributed by atoms with E-state index in [1.807, 2.05) is 0 Å². The Balaban J connectivity index is 1.56. The summed E-state index contributed by atoms with van der Waals surface area (Å²) in [5, 5.41) is 0. The minimum Gasteiger partial charge on any atom is -0.0620 e. The molecule has 4 aromatic carbocycles. The molecule has 0 heteroatoms. The predicted molar refractivity (Wildman–Crippen MR) is 147 cm³/mol. The highest BCUT2D eigenvalue weighted by atomic mass is 14.2. The Morgan fingerprint density at radius 3 is 0.917 bits per heavy atom. The summed E-state index contributed by atoms with van der Waals surface area (Å²) in [7, 11) is 0. The third kappa shape index (κ3) is 4.25. The van der Waals surface area contributed by atoms with Gasteiger partial charge in [0.25, 0.3) is 0 Å². The van der Waals surface area contributed by atoms with Gasteiger partial charge in [-0.05, 0) is 93.1 Å². The molecular formula is C36H24.